The zero-order chi connectivity index (χ0) is 13.5. The van der Waals surface area contributed by atoms with E-state index in [1.54, 1.807) is 0 Å². The molecule has 0 aromatic carbocycles. The average Bonchev–Trinajstić information content (AvgIpc) is 2.22. The standard InChI is InChI=1S/C11H22F2N2O2/c1-11(2,5-6-14)4-3-9(17)15-7-8(16)10(12)13/h8,10,16H,3-7,14H2,1-2H3,(H,15,17). The summed E-state index contributed by atoms with van der Waals surface area (Å²) >= 11 is 0. The van der Waals surface area contributed by atoms with Gasteiger partial charge in [0, 0.05) is 13.0 Å². The second kappa shape index (κ2) is 7.55. The van der Waals surface area contributed by atoms with Crippen LogP contribution >= 0.6 is 0 Å². The molecule has 1 unspecified atom stereocenters. The van der Waals surface area contributed by atoms with Crippen molar-refractivity contribution in [2.24, 2.45) is 11.1 Å². The molecule has 0 saturated heterocycles. The van der Waals surface area contributed by atoms with E-state index in [4.69, 9.17) is 10.8 Å². The summed E-state index contributed by atoms with van der Waals surface area (Å²) in [6.45, 7) is 4.15. The summed E-state index contributed by atoms with van der Waals surface area (Å²) in [5, 5.41) is 11.1. The third-order valence-electron chi connectivity index (χ3n) is 2.65. The third-order valence-corrected chi connectivity index (χ3v) is 2.65. The molecule has 0 aliphatic heterocycles. The van der Waals surface area contributed by atoms with Gasteiger partial charge in [0.05, 0.1) is 0 Å². The molecule has 0 heterocycles. The van der Waals surface area contributed by atoms with Gasteiger partial charge in [-0.3, -0.25) is 4.79 Å². The maximum absolute atomic E-state index is 11.9. The monoisotopic (exact) mass is 252 g/mol. The van der Waals surface area contributed by atoms with Gasteiger partial charge in [-0.2, -0.15) is 0 Å². The molecule has 0 aliphatic carbocycles. The molecule has 6 heteroatoms. The van der Waals surface area contributed by atoms with Gasteiger partial charge in [-0.25, -0.2) is 8.78 Å². The molecule has 1 amide bonds. The van der Waals surface area contributed by atoms with E-state index in [9.17, 15) is 13.6 Å². The van der Waals surface area contributed by atoms with E-state index in [-0.39, 0.29) is 17.7 Å². The number of carbonyl (C=O) groups is 1. The number of halogens is 2. The summed E-state index contributed by atoms with van der Waals surface area (Å²) in [5.74, 6) is -0.324. The lowest BCUT2D eigenvalue weighted by atomic mass is 9.84. The first-order valence-corrected chi connectivity index (χ1v) is 5.71. The van der Waals surface area contributed by atoms with E-state index in [2.05, 4.69) is 5.32 Å². The summed E-state index contributed by atoms with van der Waals surface area (Å²) in [5.41, 5.74) is 5.40. The number of amides is 1. The van der Waals surface area contributed by atoms with Crippen LogP contribution in [0.3, 0.4) is 0 Å². The van der Waals surface area contributed by atoms with Crippen LogP contribution in [-0.4, -0.2) is 36.6 Å². The lowest BCUT2D eigenvalue weighted by molar-refractivity contribution is -0.122. The molecule has 0 aromatic rings. The van der Waals surface area contributed by atoms with E-state index in [0.29, 0.717) is 13.0 Å². The highest BCUT2D eigenvalue weighted by Gasteiger charge is 2.20. The number of aliphatic hydroxyl groups is 1. The summed E-state index contributed by atoms with van der Waals surface area (Å²) in [6, 6.07) is 0. The van der Waals surface area contributed by atoms with Crippen molar-refractivity contribution in [3.8, 4) is 0 Å². The number of carbonyl (C=O) groups excluding carboxylic acids is 1. The van der Waals surface area contributed by atoms with E-state index in [1.165, 1.54) is 0 Å². The maximum Gasteiger partial charge on any atom is 0.265 e. The van der Waals surface area contributed by atoms with Crippen molar-refractivity contribution < 1.29 is 18.7 Å². The largest absolute Gasteiger partial charge is 0.385 e. The SMILES string of the molecule is CC(C)(CCN)CCC(=O)NCC(O)C(F)F. The normalized spacial score (nSPS) is 13.8. The molecular weight excluding hydrogens is 230 g/mol. The minimum absolute atomic E-state index is 0.0343. The molecule has 0 aliphatic rings. The number of nitrogens with one attached hydrogen (secondary N) is 1. The highest BCUT2D eigenvalue weighted by molar-refractivity contribution is 5.75. The van der Waals surface area contributed by atoms with Crippen LogP contribution in [0.1, 0.15) is 33.1 Å². The number of aliphatic hydroxyl groups excluding tert-OH is 1. The van der Waals surface area contributed by atoms with Crippen molar-refractivity contribution in [2.75, 3.05) is 13.1 Å². The Morgan fingerprint density at radius 3 is 2.47 bits per heavy atom. The van der Waals surface area contributed by atoms with Gasteiger partial charge in [-0.1, -0.05) is 13.8 Å². The summed E-state index contributed by atoms with van der Waals surface area (Å²) < 4.78 is 23.9. The minimum atomic E-state index is -2.83. The van der Waals surface area contributed by atoms with Crippen molar-refractivity contribution in [2.45, 2.75) is 45.6 Å². The van der Waals surface area contributed by atoms with E-state index in [1.807, 2.05) is 13.8 Å². The van der Waals surface area contributed by atoms with E-state index >= 15 is 0 Å². The van der Waals surface area contributed by atoms with Crippen LogP contribution in [-0.2, 0) is 4.79 Å². The first-order chi connectivity index (χ1) is 7.78. The lowest BCUT2D eigenvalue weighted by Crippen LogP contribution is -2.36. The van der Waals surface area contributed by atoms with E-state index < -0.39 is 19.1 Å². The molecule has 1 atom stereocenters. The minimum Gasteiger partial charge on any atom is -0.385 e. The van der Waals surface area contributed by atoms with Crippen LogP contribution < -0.4 is 11.1 Å². The number of hydrogen-bond donors (Lipinski definition) is 3. The fourth-order valence-corrected chi connectivity index (χ4v) is 1.36. The summed E-state index contributed by atoms with van der Waals surface area (Å²) in [6.07, 6.45) is -2.93. The van der Waals surface area contributed by atoms with Gasteiger partial charge >= 0.3 is 0 Å². The Morgan fingerprint density at radius 1 is 1.41 bits per heavy atom. The van der Waals surface area contributed by atoms with Crippen molar-refractivity contribution >= 4 is 5.91 Å². The molecule has 4 nitrogen and oxygen atoms in total. The van der Waals surface area contributed by atoms with Gasteiger partial charge in [0.2, 0.25) is 5.91 Å². The van der Waals surface area contributed by atoms with Crippen LogP contribution in [0.5, 0.6) is 0 Å². The van der Waals surface area contributed by atoms with Crippen LogP contribution in [0.15, 0.2) is 0 Å². The number of nitrogens with two attached hydrogens (primary N) is 1. The Morgan fingerprint density at radius 2 is 2.00 bits per heavy atom. The predicted octanol–water partition coefficient (Wildman–Crippen LogP) is 0.884. The molecule has 0 bridgehead atoms. The van der Waals surface area contributed by atoms with Crippen molar-refractivity contribution in [1.82, 2.24) is 5.32 Å². The van der Waals surface area contributed by atoms with Crippen LogP contribution in [0.25, 0.3) is 0 Å². The maximum atomic E-state index is 11.9. The quantitative estimate of drug-likeness (QED) is 0.600. The predicted molar refractivity (Wildman–Crippen MR) is 61.7 cm³/mol. The van der Waals surface area contributed by atoms with Crippen molar-refractivity contribution in [3.63, 3.8) is 0 Å². The molecule has 4 N–H and O–H groups in total. The van der Waals surface area contributed by atoms with Crippen molar-refractivity contribution in [3.05, 3.63) is 0 Å². The average molecular weight is 252 g/mol. The third kappa shape index (κ3) is 8.04. The Kier molecular flexibility index (Phi) is 7.22. The number of rotatable bonds is 8. The smallest absolute Gasteiger partial charge is 0.265 e. The highest BCUT2D eigenvalue weighted by Crippen LogP contribution is 2.25. The Labute approximate surface area is 101 Å². The second-order valence-corrected chi connectivity index (χ2v) is 4.91. The zero-order valence-electron chi connectivity index (χ0n) is 10.4. The van der Waals surface area contributed by atoms with E-state index in [0.717, 1.165) is 6.42 Å². The van der Waals surface area contributed by atoms with Gasteiger partial charge in [0.1, 0.15) is 6.10 Å². The zero-order valence-corrected chi connectivity index (χ0v) is 10.4. The lowest BCUT2D eigenvalue weighted by Gasteiger charge is -2.23. The topological polar surface area (TPSA) is 75.4 Å². The first-order valence-electron chi connectivity index (χ1n) is 5.71. The van der Waals surface area contributed by atoms with Gasteiger partial charge in [0.25, 0.3) is 6.43 Å². The Bertz CT molecular complexity index is 236. The van der Waals surface area contributed by atoms with Crippen LogP contribution in [0, 0.1) is 5.41 Å². The molecular formula is C11H22F2N2O2. The molecule has 0 saturated carbocycles. The van der Waals surface area contributed by atoms with Gasteiger partial charge in [-0.15, -0.1) is 0 Å². The van der Waals surface area contributed by atoms with Gasteiger partial charge in [-0.05, 0) is 24.8 Å². The molecule has 0 radical (unpaired) electrons. The fraction of sp³-hybridized carbons (Fsp3) is 0.909. The molecule has 0 rings (SSSR count). The Balaban J connectivity index is 3.80. The molecule has 17 heavy (non-hydrogen) atoms. The Hall–Kier alpha value is -0.750. The number of alkyl halides is 2. The van der Waals surface area contributed by atoms with Gasteiger partial charge < -0.3 is 16.2 Å². The van der Waals surface area contributed by atoms with Crippen LogP contribution in [0.2, 0.25) is 0 Å². The summed E-state index contributed by atoms with van der Waals surface area (Å²) in [7, 11) is 0. The molecule has 102 valence electrons. The second-order valence-electron chi connectivity index (χ2n) is 4.91. The molecule has 0 spiro atoms. The molecule has 0 aromatic heterocycles. The van der Waals surface area contributed by atoms with Crippen LogP contribution in [0.4, 0.5) is 8.78 Å². The van der Waals surface area contributed by atoms with Crippen molar-refractivity contribution in [1.29, 1.82) is 0 Å². The fourth-order valence-electron chi connectivity index (χ4n) is 1.36. The molecule has 0 fully saturated rings. The summed E-state index contributed by atoms with van der Waals surface area (Å²) in [4.78, 5) is 11.3. The first kappa shape index (κ1) is 16.2. The van der Waals surface area contributed by atoms with Gasteiger partial charge in [0.15, 0.2) is 0 Å². The highest BCUT2D eigenvalue weighted by atomic mass is 19.3. The number of hydrogen-bond acceptors (Lipinski definition) is 3.